The van der Waals surface area contributed by atoms with Crippen LogP contribution in [-0.4, -0.2) is 79.7 Å². The molecule has 0 bridgehead atoms. The third kappa shape index (κ3) is 12.6. The van der Waals surface area contributed by atoms with Crippen molar-refractivity contribution in [3.05, 3.63) is 0 Å². The molecule has 0 rings (SSSR count). The Kier molecular flexibility index (Phi) is 14.1. The summed E-state index contributed by atoms with van der Waals surface area (Å²) >= 11 is 0. The summed E-state index contributed by atoms with van der Waals surface area (Å²) in [5.74, 6) is -0.260. The van der Waals surface area contributed by atoms with Crippen LogP contribution in [0.2, 0.25) is 0 Å². The monoisotopic (exact) mass is 495 g/mol. The predicted octanol–water partition coefficient (Wildman–Crippen LogP) is 2.30. The molecule has 0 radical (unpaired) electrons. The summed E-state index contributed by atoms with van der Waals surface area (Å²) in [6.07, 6.45) is -4.41. The Morgan fingerprint density at radius 2 is 1.65 bits per heavy atom. The SMILES string of the molecule is CCNC(=NCC(=O)N(C)CC(F)(F)F)NCCN(C(C)C)C(C)C.I. The van der Waals surface area contributed by atoms with Crippen molar-refractivity contribution in [2.24, 2.45) is 4.99 Å². The average molecular weight is 495 g/mol. The maximum absolute atomic E-state index is 12.3. The standard InChI is InChI=1S/C16H32F3N5O.HI/c1-7-20-15(21-8-9-24(12(2)3)13(4)5)22-10-14(25)23(6)11-16(17,18)19;/h12-13H,7-11H2,1-6H3,(H2,20,21,22);1H. The number of rotatable bonds is 9. The van der Waals surface area contributed by atoms with Gasteiger partial charge in [0, 0.05) is 38.8 Å². The van der Waals surface area contributed by atoms with E-state index >= 15 is 0 Å². The van der Waals surface area contributed by atoms with E-state index in [0.29, 0.717) is 36.0 Å². The Hall–Kier alpha value is -0.780. The number of hydrogen-bond donors (Lipinski definition) is 2. The molecular weight excluding hydrogens is 462 g/mol. The first-order valence-electron chi connectivity index (χ1n) is 8.56. The highest BCUT2D eigenvalue weighted by Crippen LogP contribution is 2.15. The van der Waals surface area contributed by atoms with E-state index in [1.807, 2.05) is 6.92 Å². The first kappa shape index (κ1) is 27.4. The van der Waals surface area contributed by atoms with Gasteiger partial charge in [-0.3, -0.25) is 9.69 Å². The average Bonchev–Trinajstić information content (AvgIpc) is 2.45. The second-order valence-corrected chi connectivity index (χ2v) is 6.41. The van der Waals surface area contributed by atoms with E-state index < -0.39 is 18.6 Å². The van der Waals surface area contributed by atoms with Crippen molar-refractivity contribution in [3.63, 3.8) is 0 Å². The molecule has 6 nitrogen and oxygen atoms in total. The molecule has 0 aromatic carbocycles. The molecule has 0 heterocycles. The first-order chi connectivity index (χ1) is 11.5. The maximum Gasteiger partial charge on any atom is 0.406 e. The van der Waals surface area contributed by atoms with E-state index in [1.165, 1.54) is 0 Å². The van der Waals surface area contributed by atoms with Gasteiger partial charge in [-0.05, 0) is 34.6 Å². The zero-order chi connectivity index (χ0) is 19.6. The van der Waals surface area contributed by atoms with Gasteiger partial charge in [0.15, 0.2) is 5.96 Å². The molecule has 0 aromatic heterocycles. The summed E-state index contributed by atoms with van der Waals surface area (Å²) < 4.78 is 36.9. The molecule has 2 N–H and O–H groups in total. The van der Waals surface area contributed by atoms with E-state index in [0.717, 1.165) is 13.6 Å². The van der Waals surface area contributed by atoms with Crippen LogP contribution in [0.4, 0.5) is 13.2 Å². The minimum Gasteiger partial charge on any atom is -0.357 e. The van der Waals surface area contributed by atoms with Gasteiger partial charge in [-0.1, -0.05) is 0 Å². The normalized spacial score (nSPS) is 12.4. The highest BCUT2D eigenvalue weighted by atomic mass is 127. The molecule has 10 heteroatoms. The molecule has 0 unspecified atom stereocenters. The van der Waals surface area contributed by atoms with Gasteiger partial charge in [-0.2, -0.15) is 13.2 Å². The molecule has 0 saturated heterocycles. The Bertz CT molecular complexity index is 423. The first-order valence-corrected chi connectivity index (χ1v) is 8.56. The van der Waals surface area contributed by atoms with Crippen LogP contribution in [0.15, 0.2) is 4.99 Å². The summed E-state index contributed by atoms with van der Waals surface area (Å²) in [5, 5.41) is 6.09. The van der Waals surface area contributed by atoms with Gasteiger partial charge < -0.3 is 15.5 Å². The van der Waals surface area contributed by atoms with Crippen LogP contribution in [0.5, 0.6) is 0 Å². The summed E-state index contributed by atoms with van der Waals surface area (Å²) in [6, 6.07) is 0.804. The zero-order valence-corrected chi connectivity index (χ0v) is 18.8. The fourth-order valence-corrected chi connectivity index (χ4v) is 2.38. The number of halogens is 4. The van der Waals surface area contributed by atoms with Crippen LogP contribution in [0.25, 0.3) is 0 Å². The molecule has 0 atom stereocenters. The lowest BCUT2D eigenvalue weighted by molar-refractivity contribution is -0.157. The summed E-state index contributed by atoms with van der Waals surface area (Å²) in [4.78, 5) is 18.7. The maximum atomic E-state index is 12.3. The van der Waals surface area contributed by atoms with Crippen molar-refractivity contribution in [1.82, 2.24) is 20.4 Å². The van der Waals surface area contributed by atoms with Crippen LogP contribution in [0.3, 0.4) is 0 Å². The van der Waals surface area contributed by atoms with Gasteiger partial charge >= 0.3 is 6.18 Å². The number of nitrogens with one attached hydrogen (secondary N) is 2. The minimum atomic E-state index is -4.41. The predicted molar refractivity (Wildman–Crippen MR) is 110 cm³/mol. The van der Waals surface area contributed by atoms with E-state index in [9.17, 15) is 18.0 Å². The van der Waals surface area contributed by atoms with Crippen LogP contribution in [-0.2, 0) is 4.79 Å². The quantitative estimate of drug-likeness (QED) is 0.293. The molecule has 0 aromatic rings. The van der Waals surface area contributed by atoms with Crippen LogP contribution >= 0.6 is 24.0 Å². The van der Waals surface area contributed by atoms with Crippen molar-refractivity contribution < 1.29 is 18.0 Å². The number of hydrogen-bond acceptors (Lipinski definition) is 3. The molecule has 26 heavy (non-hydrogen) atoms. The number of aliphatic imine (C=N–C) groups is 1. The van der Waals surface area contributed by atoms with Gasteiger partial charge in [0.05, 0.1) is 0 Å². The molecule has 0 fully saturated rings. The molecule has 0 saturated carbocycles. The second-order valence-electron chi connectivity index (χ2n) is 6.41. The van der Waals surface area contributed by atoms with Crippen molar-refractivity contribution in [1.29, 1.82) is 0 Å². The summed E-state index contributed by atoms with van der Waals surface area (Å²) in [6.45, 7) is 10.8. The van der Waals surface area contributed by atoms with E-state index in [2.05, 4.69) is 48.2 Å². The highest BCUT2D eigenvalue weighted by Gasteiger charge is 2.31. The van der Waals surface area contributed by atoms with E-state index in [4.69, 9.17) is 0 Å². The number of carbonyl (C=O) groups excluding carboxylic acids is 1. The third-order valence-electron chi connectivity index (χ3n) is 3.55. The second kappa shape index (κ2) is 13.4. The molecule has 0 spiro atoms. The lowest BCUT2D eigenvalue weighted by Crippen LogP contribution is -2.45. The largest absolute Gasteiger partial charge is 0.406 e. The number of carbonyl (C=O) groups is 1. The Morgan fingerprint density at radius 3 is 2.08 bits per heavy atom. The Morgan fingerprint density at radius 1 is 1.12 bits per heavy atom. The van der Waals surface area contributed by atoms with Gasteiger partial charge in [-0.15, -0.1) is 24.0 Å². The molecule has 0 aliphatic carbocycles. The molecule has 1 amide bonds. The summed E-state index contributed by atoms with van der Waals surface area (Å²) in [7, 11) is 1.12. The number of likely N-dealkylation sites (N-methyl/N-ethyl adjacent to an activating group) is 1. The van der Waals surface area contributed by atoms with Crippen molar-refractivity contribution in [2.45, 2.75) is 52.9 Å². The summed E-state index contributed by atoms with van der Waals surface area (Å²) in [5.41, 5.74) is 0. The minimum absolute atomic E-state index is 0. The number of amides is 1. The topological polar surface area (TPSA) is 60.0 Å². The third-order valence-corrected chi connectivity index (χ3v) is 3.55. The molecule has 0 aliphatic rings. The smallest absolute Gasteiger partial charge is 0.357 e. The number of guanidine groups is 1. The fourth-order valence-electron chi connectivity index (χ4n) is 2.38. The Labute approximate surface area is 172 Å². The van der Waals surface area contributed by atoms with Crippen molar-refractivity contribution >= 4 is 35.8 Å². The Balaban J connectivity index is 0. The number of nitrogens with zero attached hydrogens (tertiary/aromatic N) is 3. The van der Waals surface area contributed by atoms with Crippen molar-refractivity contribution in [2.75, 3.05) is 39.8 Å². The van der Waals surface area contributed by atoms with E-state index in [-0.39, 0.29) is 30.5 Å². The van der Waals surface area contributed by atoms with Crippen LogP contribution < -0.4 is 10.6 Å². The van der Waals surface area contributed by atoms with Crippen LogP contribution in [0, 0.1) is 0 Å². The molecular formula is C16H33F3IN5O. The van der Waals surface area contributed by atoms with Gasteiger partial charge in [0.1, 0.15) is 13.1 Å². The molecule has 156 valence electrons. The highest BCUT2D eigenvalue weighted by molar-refractivity contribution is 14.0. The molecule has 0 aliphatic heterocycles. The lowest BCUT2D eigenvalue weighted by atomic mass is 10.2. The van der Waals surface area contributed by atoms with Gasteiger partial charge in [-0.25, -0.2) is 4.99 Å². The van der Waals surface area contributed by atoms with Gasteiger partial charge in [0.25, 0.3) is 0 Å². The van der Waals surface area contributed by atoms with Crippen LogP contribution in [0.1, 0.15) is 34.6 Å². The number of alkyl halides is 3. The van der Waals surface area contributed by atoms with E-state index in [1.54, 1.807) is 0 Å². The lowest BCUT2D eigenvalue weighted by Gasteiger charge is -2.30. The fraction of sp³-hybridized carbons (Fsp3) is 0.875. The zero-order valence-electron chi connectivity index (χ0n) is 16.5. The van der Waals surface area contributed by atoms with Gasteiger partial charge in [0.2, 0.25) is 5.91 Å². The van der Waals surface area contributed by atoms with Crippen molar-refractivity contribution in [3.8, 4) is 0 Å².